The molecule has 9 nitrogen and oxygen atoms in total. The molecule has 2 atom stereocenters. The van der Waals surface area contributed by atoms with E-state index >= 15 is 0 Å². The zero-order valence-electron chi connectivity index (χ0n) is 20.6. The van der Waals surface area contributed by atoms with Crippen molar-refractivity contribution in [3.63, 3.8) is 0 Å². The van der Waals surface area contributed by atoms with Crippen LogP contribution in [0.2, 0.25) is 5.02 Å². The first-order valence-corrected chi connectivity index (χ1v) is 12.6. The van der Waals surface area contributed by atoms with Gasteiger partial charge in [-0.2, -0.15) is 5.10 Å². The fourth-order valence-electron chi connectivity index (χ4n) is 5.33. The molecule has 0 radical (unpaired) electrons. The van der Waals surface area contributed by atoms with E-state index in [1.54, 1.807) is 0 Å². The second-order valence-corrected chi connectivity index (χ2v) is 10.4. The van der Waals surface area contributed by atoms with E-state index in [9.17, 15) is 4.79 Å². The smallest absolute Gasteiger partial charge is 0.236 e. The van der Waals surface area contributed by atoms with E-state index < -0.39 is 0 Å². The molecule has 186 valence electrons. The molecule has 0 N–H and O–H groups in total. The number of hydrogen-bond acceptors (Lipinski definition) is 6. The molecule has 3 aromatic rings. The zero-order valence-corrected chi connectivity index (χ0v) is 21.4. The van der Waals surface area contributed by atoms with E-state index in [1.807, 2.05) is 59.9 Å². The molecule has 10 heteroatoms. The van der Waals surface area contributed by atoms with Crippen molar-refractivity contribution < 1.29 is 4.79 Å². The molecule has 3 aliphatic heterocycles. The van der Waals surface area contributed by atoms with E-state index in [0.29, 0.717) is 26.2 Å². The van der Waals surface area contributed by atoms with Crippen molar-refractivity contribution in [2.45, 2.75) is 31.6 Å². The highest BCUT2D eigenvalue weighted by atomic mass is 35.5. The summed E-state index contributed by atoms with van der Waals surface area (Å²) < 4.78 is 4.19. The molecule has 2 unspecified atom stereocenters. The van der Waals surface area contributed by atoms with Gasteiger partial charge in [0.25, 0.3) is 0 Å². The van der Waals surface area contributed by atoms with Crippen molar-refractivity contribution in [1.82, 2.24) is 39.2 Å². The summed E-state index contributed by atoms with van der Waals surface area (Å²) >= 11 is 6.30. The third-order valence-corrected chi connectivity index (χ3v) is 7.37. The Morgan fingerprint density at radius 3 is 2.78 bits per heavy atom. The fraction of sp³-hybridized carbons (Fsp3) is 0.385. The Kier molecular flexibility index (Phi) is 5.69. The van der Waals surface area contributed by atoms with Crippen molar-refractivity contribution in [2.24, 2.45) is 0 Å². The molecule has 0 bridgehead atoms. The van der Waals surface area contributed by atoms with Crippen LogP contribution in [-0.2, 0) is 11.3 Å². The maximum Gasteiger partial charge on any atom is 0.236 e. The van der Waals surface area contributed by atoms with Gasteiger partial charge in [0.1, 0.15) is 11.5 Å². The number of fused-ring (bicyclic) bond motifs is 3. The van der Waals surface area contributed by atoms with Gasteiger partial charge < -0.3 is 19.3 Å². The van der Waals surface area contributed by atoms with Crippen LogP contribution >= 0.6 is 11.6 Å². The molecule has 1 aromatic carbocycles. The lowest BCUT2D eigenvalue weighted by molar-refractivity contribution is -0.137. The number of nitrogens with zero attached hydrogens (tertiary/aromatic N) is 8. The summed E-state index contributed by atoms with van der Waals surface area (Å²) in [5, 5.41) is 14.3. The minimum Gasteiger partial charge on any atom is -0.357 e. The van der Waals surface area contributed by atoms with Crippen LogP contribution in [0.25, 0.3) is 11.8 Å². The number of carbonyl (C=O) groups is 1. The van der Waals surface area contributed by atoms with Crippen molar-refractivity contribution >= 4 is 29.3 Å². The Balaban J connectivity index is 1.28. The molecule has 0 saturated carbocycles. The molecular weight excluding hydrogens is 476 g/mol. The lowest BCUT2D eigenvalue weighted by Crippen LogP contribution is -2.53. The molecule has 36 heavy (non-hydrogen) atoms. The average molecular weight is 505 g/mol. The number of rotatable bonds is 6. The van der Waals surface area contributed by atoms with E-state index in [0.717, 1.165) is 33.6 Å². The van der Waals surface area contributed by atoms with Gasteiger partial charge in [0, 0.05) is 30.9 Å². The number of likely N-dealkylation sites (tertiary alicyclic amines) is 1. The summed E-state index contributed by atoms with van der Waals surface area (Å²) in [4.78, 5) is 18.5. The number of amides is 1. The predicted octanol–water partition coefficient (Wildman–Crippen LogP) is 2.87. The maximum atomic E-state index is 12.3. The molecule has 1 saturated heterocycles. The molecule has 1 fully saturated rings. The first-order chi connectivity index (χ1) is 17.4. The third kappa shape index (κ3) is 4.02. The quantitative estimate of drug-likeness (QED) is 0.514. The normalized spacial score (nSPS) is 21.0. The molecule has 0 aliphatic carbocycles. The Bertz CT molecular complexity index is 1370. The topological polar surface area (TPSA) is 75.3 Å². The number of carbonyl (C=O) groups excluding carboxylic acids is 1. The Morgan fingerprint density at radius 2 is 2.00 bits per heavy atom. The fourth-order valence-corrected chi connectivity index (χ4v) is 5.54. The number of likely N-dealkylation sites (N-methyl/N-ethyl adjacent to an activating group) is 1. The number of aryl methyl sites for hydroxylation is 1. The molecule has 1 amide bonds. The highest BCUT2D eigenvalue weighted by Gasteiger charge is 2.39. The van der Waals surface area contributed by atoms with Crippen LogP contribution in [0, 0.1) is 6.92 Å². The lowest BCUT2D eigenvalue weighted by atomic mass is 10.1. The number of halogens is 1. The number of aromatic nitrogens is 5. The molecule has 6 rings (SSSR count). The first-order valence-electron chi connectivity index (χ1n) is 12.2. The second-order valence-electron chi connectivity index (χ2n) is 10.00. The van der Waals surface area contributed by atoms with Crippen LogP contribution in [0.1, 0.15) is 35.0 Å². The third-order valence-electron chi connectivity index (χ3n) is 7.13. The van der Waals surface area contributed by atoms with E-state index in [2.05, 4.69) is 50.0 Å². The Labute approximate surface area is 215 Å². The Morgan fingerprint density at radius 1 is 1.17 bits per heavy atom. The minimum atomic E-state index is 0.0854. The van der Waals surface area contributed by atoms with Gasteiger partial charge in [-0.1, -0.05) is 29.8 Å². The van der Waals surface area contributed by atoms with Crippen molar-refractivity contribution in [3.8, 4) is 0 Å². The van der Waals surface area contributed by atoms with Gasteiger partial charge in [0.15, 0.2) is 5.82 Å². The van der Waals surface area contributed by atoms with Gasteiger partial charge in [-0.15, -0.1) is 10.2 Å². The summed E-state index contributed by atoms with van der Waals surface area (Å²) in [6, 6.07) is 10.5. The van der Waals surface area contributed by atoms with Gasteiger partial charge in [-0.25, -0.2) is 0 Å². The van der Waals surface area contributed by atoms with Crippen LogP contribution in [0.5, 0.6) is 0 Å². The standard InChI is InChI=1S/C26H29ClN8O/c1-17-28-29-25-8-7-22-24(35(17)25)12-23(33(22)13-18-5-4-6-19(27)11-18)21-9-10-34(30-21)20-14-32(15-20)26(36)16-31(2)3/h4-12,20,22,24H,13-16H2,1-3H3. The van der Waals surface area contributed by atoms with Crippen LogP contribution in [-0.4, -0.2) is 84.9 Å². The zero-order chi connectivity index (χ0) is 25.0. The summed E-state index contributed by atoms with van der Waals surface area (Å²) in [5.74, 6) is 1.93. The summed E-state index contributed by atoms with van der Waals surface area (Å²) in [6.45, 7) is 4.52. The molecular formula is C26H29ClN8O. The van der Waals surface area contributed by atoms with Crippen LogP contribution < -0.4 is 0 Å². The largest absolute Gasteiger partial charge is 0.357 e. The maximum absolute atomic E-state index is 12.3. The monoisotopic (exact) mass is 504 g/mol. The van der Waals surface area contributed by atoms with E-state index in [1.165, 1.54) is 0 Å². The first kappa shape index (κ1) is 23.0. The number of hydrogen-bond donors (Lipinski definition) is 0. The molecule has 3 aliphatic rings. The summed E-state index contributed by atoms with van der Waals surface area (Å²) in [7, 11) is 3.83. The SMILES string of the molecule is Cc1nnc2n1C1C=C(c3ccn(C4CN(C(=O)CN(C)C)C4)n3)N(Cc3cccc(Cl)c3)C1C=C2. The van der Waals surface area contributed by atoms with Crippen LogP contribution in [0.15, 0.2) is 48.7 Å². The Hall–Kier alpha value is -3.43. The predicted molar refractivity (Wildman–Crippen MR) is 138 cm³/mol. The van der Waals surface area contributed by atoms with Crippen molar-refractivity contribution in [3.05, 3.63) is 76.6 Å². The second kappa shape index (κ2) is 8.90. The summed E-state index contributed by atoms with van der Waals surface area (Å²) in [6.07, 6.45) is 8.56. The minimum absolute atomic E-state index is 0.0854. The van der Waals surface area contributed by atoms with Gasteiger partial charge in [0.05, 0.1) is 30.4 Å². The number of benzene rings is 1. The highest BCUT2D eigenvalue weighted by molar-refractivity contribution is 6.30. The van der Waals surface area contributed by atoms with Crippen molar-refractivity contribution in [1.29, 1.82) is 0 Å². The average Bonchev–Trinajstić information content (AvgIpc) is 3.50. The van der Waals surface area contributed by atoms with Gasteiger partial charge in [-0.05, 0) is 56.9 Å². The van der Waals surface area contributed by atoms with Crippen LogP contribution in [0.3, 0.4) is 0 Å². The van der Waals surface area contributed by atoms with Crippen molar-refractivity contribution in [2.75, 3.05) is 33.7 Å². The molecule has 2 aromatic heterocycles. The molecule has 0 spiro atoms. The lowest BCUT2D eigenvalue weighted by Gasteiger charge is -2.39. The highest BCUT2D eigenvalue weighted by Crippen LogP contribution is 2.41. The van der Waals surface area contributed by atoms with Gasteiger partial charge in [0.2, 0.25) is 5.91 Å². The molecule has 5 heterocycles. The van der Waals surface area contributed by atoms with Gasteiger partial charge >= 0.3 is 0 Å². The van der Waals surface area contributed by atoms with Crippen LogP contribution in [0.4, 0.5) is 0 Å². The summed E-state index contributed by atoms with van der Waals surface area (Å²) in [5.41, 5.74) is 3.14. The van der Waals surface area contributed by atoms with Gasteiger partial charge in [-0.3, -0.25) is 9.48 Å². The van der Waals surface area contributed by atoms with E-state index in [4.69, 9.17) is 16.7 Å². The van der Waals surface area contributed by atoms with E-state index in [-0.39, 0.29) is 24.0 Å².